The highest BCUT2D eigenvalue weighted by Crippen LogP contribution is 2.33. The van der Waals surface area contributed by atoms with Crippen LogP contribution in [0.3, 0.4) is 0 Å². The topological polar surface area (TPSA) is 158 Å². The van der Waals surface area contributed by atoms with E-state index >= 15 is 0 Å². The standard InChI is InChI=1S/C94H86N8O6/c1-7-13-51-103-89-59-77(91(105-53-15-9-3)57-75(89)37-25-69-31-43-83(97-63-69)81-23-19-21-49-95-81)39-27-71-33-45-85(99-65-71)87-47-35-73(67-101-87)29-41-79-61-94(108-56-18-12-6)80(62-93(79)107-55-17-11-5)42-30-74-36-48-88(102-68-74)86-46-34-72(66-100-86)28-40-78-60-90(104-52-14-8-2)76(58-92(78)106-54-16-10-4)38-26-70-32-44-84(98-64-70)82-24-20-22-50-96-82/h19-24,31-36,43-50,57-68H,7-18,51-56H2,1-6H3. The van der Waals surface area contributed by atoms with Crippen LogP contribution in [0.15, 0.2) is 195 Å². The molecule has 0 saturated carbocycles. The zero-order valence-electron chi connectivity index (χ0n) is 62.2. The van der Waals surface area contributed by atoms with Crippen LogP contribution in [0.25, 0.3) is 45.6 Å². The second-order valence-electron chi connectivity index (χ2n) is 25.3. The van der Waals surface area contributed by atoms with Gasteiger partial charge in [-0.15, -0.1) is 0 Å². The summed E-state index contributed by atoms with van der Waals surface area (Å²) in [5, 5.41) is 0. The van der Waals surface area contributed by atoms with Gasteiger partial charge in [0, 0.05) is 119 Å². The van der Waals surface area contributed by atoms with Crippen molar-refractivity contribution in [2.24, 2.45) is 0 Å². The Morgan fingerprint density at radius 3 is 0.546 bits per heavy atom. The number of ether oxygens (including phenoxy) is 6. The summed E-state index contributed by atoms with van der Waals surface area (Å²) in [5.41, 5.74) is 14.5. The highest BCUT2D eigenvalue weighted by atomic mass is 16.5. The Balaban J connectivity index is 0.774. The number of aromatic nitrogens is 8. The van der Waals surface area contributed by atoms with Crippen LogP contribution in [0.4, 0.5) is 0 Å². The fourth-order valence-electron chi connectivity index (χ4n) is 10.5. The molecule has 3 aromatic carbocycles. The molecule has 0 radical (unpaired) electrons. The highest BCUT2D eigenvalue weighted by molar-refractivity contribution is 5.66. The van der Waals surface area contributed by atoms with Gasteiger partial charge in [-0.3, -0.25) is 39.9 Å². The van der Waals surface area contributed by atoms with Gasteiger partial charge in [0.15, 0.2) is 0 Å². The van der Waals surface area contributed by atoms with Crippen LogP contribution >= 0.6 is 0 Å². The van der Waals surface area contributed by atoms with E-state index in [1.165, 1.54) is 0 Å². The van der Waals surface area contributed by atoms with Gasteiger partial charge in [-0.1, -0.05) is 163 Å². The molecule has 0 aliphatic heterocycles. The summed E-state index contributed by atoms with van der Waals surface area (Å²) in [6.45, 7) is 16.0. The number of nitrogens with zero attached hydrogens (tertiary/aromatic N) is 8. The zero-order valence-corrected chi connectivity index (χ0v) is 62.2. The van der Waals surface area contributed by atoms with Gasteiger partial charge < -0.3 is 28.4 Å². The van der Waals surface area contributed by atoms with Gasteiger partial charge in [0.25, 0.3) is 0 Å². The van der Waals surface area contributed by atoms with E-state index in [1.807, 2.05) is 146 Å². The lowest BCUT2D eigenvalue weighted by molar-refractivity contribution is 0.299. The fourth-order valence-corrected chi connectivity index (χ4v) is 10.5. The zero-order chi connectivity index (χ0) is 74.8. The van der Waals surface area contributed by atoms with Crippen molar-refractivity contribution in [1.82, 2.24) is 39.9 Å². The van der Waals surface area contributed by atoms with Crippen LogP contribution in [0.5, 0.6) is 34.5 Å². The lowest BCUT2D eigenvalue weighted by atomic mass is 10.1. The fraction of sp³-hybridized carbons (Fsp3) is 0.255. The molecule has 8 heterocycles. The second kappa shape index (κ2) is 40.9. The van der Waals surface area contributed by atoms with E-state index in [0.29, 0.717) is 130 Å². The van der Waals surface area contributed by atoms with Gasteiger partial charge in [-0.05, 0) is 136 Å². The molecule has 0 unspecified atom stereocenters. The van der Waals surface area contributed by atoms with Crippen molar-refractivity contribution in [2.75, 3.05) is 39.6 Å². The van der Waals surface area contributed by atoms with Gasteiger partial charge in [-0.2, -0.15) is 0 Å². The van der Waals surface area contributed by atoms with Gasteiger partial charge in [0.1, 0.15) is 34.5 Å². The van der Waals surface area contributed by atoms with Crippen molar-refractivity contribution in [3.8, 4) is 151 Å². The van der Waals surface area contributed by atoms with E-state index in [0.717, 1.165) is 133 Å². The van der Waals surface area contributed by atoms with Crippen molar-refractivity contribution in [1.29, 1.82) is 0 Å². The third-order valence-electron chi connectivity index (χ3n) is 16.8. The molecule has 11 rings (SSSR count). The van der Waals surface area contributed by atoms with Gasteiger partial charge in [0.2, 0.25) is 0 Å². The largest absolute Gasteiger partial charge is 0.492 e. The quantitative estimate of drug-likeness (QED) is 0.0337. The van der Waals surface area contributed by atoms with Crippen molar-refractivity contribution >= 4 is 0 Å². The predicted octanol–water partition coefficient (Wildman–Crippen LogP) is 19.0. The van der Waals surface area contributed by atoms with Crippen LogP contribution in [0.1, 0.15) is 185 Å². The number of hydrogen-bond acceptors (Lipinski definition) is 14. The molecule has 0 N–H and O–H groups in total. The average Bonchev–Trinajstić information content (AvgIpc) is 0.830. The molecular weight excluding hydrogens is 1340 g/mol. The van der Waals surface area contributed by atoms with Gasteiger partial charge >= 0.3 is 0 Å². The maximum atomic E-state index is 6.43. The van der Waals surface area contributed by atoms with E-state index in [4.69, 9.17) is 48.4 Å². The lowest BCUT2D eigenvalue weighted by Crippen LogP contribution is -2.03. The first-order chi connectivity index (χ1) is 53.3. The summed E-state index contributed by atoms with van der Waals surface area (Å²) in [6, 6.07) is 46.3. The van der Waals surface area contributed by atoms with Gasteiger partial charge in [-0.25, -0.2) is 0 Å². The number of pyridine rings is 8. The second-order valence-corrected chi connectivity index (χ2v) is 25.3. The van der Waals surface area contributed by atoms with E-state index < -0.39 is 0 Å². The summed E-state index contributed by atoms with van der Waals surface area (Å²) in [7, 11) is 0. The first kappa shape index (κ1) is 76.2. The normalized spacial score (nSPS) is 10.4. The Labute approximate surface area is 636 Å². The molecule has 108 heavy (non-hydrogen) atoms. The SMILES string of the molecule is CCCCOc1cc(C#Cc2ccc(-c3ccc(C#Cc4cc(OCCCC)c(C#Cc5ccc(-c6ccc(C#Cc7cc(OCCCC)c(C#Cc8ccc(-c9ccccn9)nc8)cc7OCCCC)cn6)nc5)cc4OCCCC)cn3)nc2)c(OCCCC)cc1C#Cc1ccc(-c2ccccn2)nc1. The molecule has 0 amide bonds. The molecule has 11 aromatic rings. The number of hydrogen-bond donors (Lipinski definition) is 0. The molecule has 0 aliphatic carbocycles. The van der Waals surface area contributed by atoms with Crippen molar-refractivity contribution in [3.05, 3.63) is 262 Å². The summed E-state index contributed by atoms with van der Waals surface area (Å²) < 4.78 is 38.3. The Hall–Kier alpha value is -13.0. The first-order valence-corrected chi connectivity index (χ1v) is 37.3. The Morgan fingerprint density at radius 1 is 0.213 bits per heavy atom. The molecule has 0 fully saturated rings. The monoisotopic (exact) mass is 1420 g/mol. The average molecular weight is 1420 g/mol. The third-order valence-corrected chi connectivity index (χ3v) is 16.8. The summed E-state index contributed by atoms with van der Waals surface area (Å²) >= 11 is 0. The maximum absolute atomic E-state index is 6.43. The van der Waals surface area contributed by atoms with Crippen LogP contribution < -0.4 is 28.4 Å². The van der Waals surface area contributed by atoms with Crippen LogP contribution in [0, 0.1) is 71.0 Å². The maximum Gasteiger partial charge on any atom is 0.136 e. The number of unbranched alkanes of at least 4 members (excludes halogenated alkanes) is 6. The van der Waals surface area contributed by atoms with Crippen molar-refractivity contribution < 1.29 is 28.4 Å². The van der Waals surface area contributed by atoms with E-state index in [9.17, 15) is 0 Å². The minimum atomic E-state index is 0.518. The first-order valence-electron chi connectivity index (χ1n) is 37.3. The van der Waals surface area contributed by atoms with E-state index in [-0.39, 0.29) is 0 Å². The predicted molar refractivity (Wildman–Crippen MR) is 427 cm³/mol. The third kappa shape index (κ3) is 22.5. The minimum absolute atomic E-state index is 0.518. The number of benzene rings is 3. The van der Waals surface area contributed by atoms with Crippen molar-refractivity contribution in [3.63, 3.8) is 0 Å². The smallest absolute Gasteiger partial charge is 0.136 e. The Morgan fingerprint density at radius 2 is 0.398 bits per heavy atom. The molecule has 0 saturated heterocycles. The van der Waals surface area contributed by atoms with Crippen LogP contribution in [-0.4, -0.2) is 79.5 Å². The van der Waals surface area contributed by atoms with Crippen LogP contribution in [0.2, 0.25) is 0 Å². The summed E-state index contributed by atoms with van der Waals surface area (Å²) in [4.78, 5) is 37.2. The summed E-state index contributed by atoms with van der Waals surface area (Å²) in [5.74, 6) is 43.7. The molecule has 14 nitrogen and oxygen atoms in total. The molecule has 14 heteroatoms. The molecular formula is C94H86N8O6. The Bertz CT molecular complexity index is 4850. The summed E-state index contributed by atoms with van der Waals surface area (Å²) in [6.07, 6.45) is 25.3. The van der Waals surface area contributed by atoms with Crippen LogP contribution in [-0.2, 0) is 0 Å². The molecule has 8 aromatic heterocycles. The van der Waals surface area contributed by atoms with Gasteiger partial charge in [0.05, 0.1) is 119 Å². The molecule has 0 aliphatic rings. The highest BCUT2D eigenvalue weighted by Gasteiger charge is 2.16. The molecule has 538 valence electrons. The molecule has 0 bridgehead atoms. The van der Waals surface area contributed by atoms with E-state index in [2.05, 4.69) is 133 Å². The lowest BCUT2D eigenvalue weighted by Gasteiger charge is -2.13. The minimum Gasteiger partial charge on any atom is -0.492 e. The Kier molecular flexibility index (Phi) is 28.8. The number of rotatable bonds is 28. The van der Waals surface area contributed by atoms with E-state index in [1.54, 1.807) is 49.6 Å². The molecule has 0 atom stereocenters. The van der Waals surface area contributed by atoms with Crippen molar-refractivity contribution in [2.45, 2.75) is 119 Å². The molecule has 0 spiro atoms.